The molecule has 2 aromatic rings. The molecule has 20 heavy (non-hydrogen) atoms. The Labute approximate surface area is 125 Å². The van der Waals surface area contributed by atoms with Gasteiger partial charge in [-0.15, -0.1) is 0 Å². The van der Waals surface area contributed by atoms with Crippen molar-refractivity contribution in [2.24, 2.45) is 7.05 Å². The first-order valence-electron chi connectivity index (χ1n) is 6.18. The minimum Gasteiger partial charge on any atom is -0.484 e. The molecule has 0 unspecified atom stereocenters. The van der Waals surface area contributed by atoms with Gasteiger partial charge in [-0.3, -0.25) is 4.68 Å². The molecule has 1 heterocycles. The van der Waals surface area contributed by atoms with Crippen molar-refractivity contribution in [1.29, 1.82) is 0 Å². The molecular formula is C14H16BrFN2O2. The number of ether oxygens (including phenoxy) is 1. The van der Waals surface area contributed by atoms with Crippen LogP contribution in [-0.4, -0.2) is 14.9 Å². The Morgan fingerprint density at radius 2 is 2.20 bits per heavy atom. The summed E-state index contributed by atoms with van der Waals surface area (Å²) in [6, 6.07) is 4.45. The Morgan fingerprint density at radius 3 is 2.70 bits per heavy atom. The van der Waals surface area contributed by atoms with Crippen LogP contribution in [0.5, 0.6) is 5.75 Å². The summed E-state index contributed by atoms with van der Waals surface area (Å²) in [5.74, 6) is -0.335. The van der Waals surface area contributed by atoms with E-state index in [1.54, 1.807) is 17.7 Å². The number of aliphatic hydroxyl groups is 1. The first kappa shape index (κ1) is 15.0. The summed E-state index contributed by atoms with van der Waals surface area (Å²) in [5, 5.41) is 13.6. The largest absolute Gasteiger partial charge is 0.484 e. The molecule has 0 aliphatic rings. The number of aliphatic hydroxyl groups excluding tert-OH is 1. The normalized spacial score (nSPS) is 12.5. The molecule has 0 aliphatic carbocycles. The smallest absolute Gasteiger partial charge is 0.165 e. The van der Waals surface area contributed by atoms with Crippen LogP contribution in [0.25, 0.3) is 0 Å². The lowest BCUT2D eigenvalue weighted by atomic mass is 10.1. The van der Waals surface area contributed by atoms with Crippen molar-refractivity contribution in [3.05, 3.63) is 45.4 Å². The molecule has 0 bridgehead atoms. The highest BCUT2D eigenvalue weighted by molar-refractivity contribution is 9.10. The molecule has 1 N–H and O–H groups in total. The van der Waals surface area contributed by atoms with Crippen LogP contribution in [-0.2, 0) is 13.7 Å². The minimum absolute atomic E-state index is 0.153. The van der Waals surface area contributed by atoms with E-state index in [0.717, 1.165) is 15.9 Å². The molecule has 0 radical (unpaired) electrons. The first-order chi connectivity index (χ1) is 9.40. The predicted octanol–water partition coefficient (Wildman–Crippen LogP) is 3.26. The fourth-order valence-electron chi connectivity index (χ4n) is 1.88. The molecule has 4 nitrogen and oxygen atoms in total. The number of rotatable bonds is 4. The summed E-state index contributed by atoms with van der Waals surface area (Å²) < 4.78 is 21.9. The number of hydrogen-bond acceptors (Lipinski definition) is 3. The highest BCUT2D eigenvalue weighted by Gasteiger charge is 2.13. The van der Waals surface area contributed by atoms with Gasteiger partial charge in [-0.25, -0.2) is 4.39 Å². The van der Waals surface area contributed by atoms with Crippen molar-refractivity contribution in [3.8, 4) is 5.75 Å². The average Bonchev–Trinajstić information content (AvgIpc) is 2.62. The summed E-state index contributed by atoms with van der Waals surface area (Å²) in [6.07, 6.45) is -0.701. The Hall–Kier alpha value is -1.40. The van der Waals surface area contributed by atoms with E-state index in [2.05, 4.69) is 21.0 Å². The van der Waals surface area contributed by atoms with Crippen LogP contribution in [0.3, 0.4) is 0 Å². The maximum Gasteiger partial charge on any atom is 0.165 e. The van der Waals surface area contributed by atoms with Crippen LogP contribution >= 0.6 is 15.9 Å². The van der Waals surface area contributed by atoms with Crippen molar-refractivity contribution in [2.45, 2.75) is 26.6 Å². The Bertz CT molecular complexity index is 626. The third-order valence-corrected chi connectivity index (χ3v) is 4.10. The second-order valence-corrected chi connectivity index (χ2v) is 5.42. The van der Waals surface area contributed by atoms with E-state index < -0.39 is 11.9 Å². The molecule has 0 saturated carbocycles. The zero-order valence-corrected chi connectivity index (χ0v) is 13.1. The van der Waals surface area contributed by atoms with E-state index in [-0.39, 0.29) is 12.4 Å². The molecular weight excluding hydrogens is 327 g/mol. The molecule has 1 aromatic carbocycles. The van der Waals surface area contributed by atoms with Gasteiger partial charge in [0.05, 0.1) is 22.0 Å². The number of aromatic nitrogens is 2. The molecule has 108 valence electrons. The SMILES string of the molecule is Cc1nn(C)c(COc2ccc([C@@H](C)O)cc2F)c1Br. The molecule has 2 rings (SSSR count). The van der Waals surface area contributed by atoms with E-state index in [9.17, 15) is 9.50 Å². The van der Waals surface area contributed by atoms with Crippen LogP contribution in [0.2, 0.25) is 0 Å². The molecule has 0 aliphatic heterocycles. The zero-order valence-electron chi connectivity index (χ0n) is 11.5. The molecule has 0 fully saturated rings. The molecule has 0 amide bonds. The predicted molar refractivity (Wildman–Crippen MR) is 77.0 cm³/mol. The average molecular weight is 343 g/mol. The summed E-state index contributed by atoms with van der Waals surface area (Å²) in [7, 11) is 1.81. The Balaban J connectivity index is 2.15. The fourth-order valence-corrected chi connectivity index (χ4v) is 2.33. The van der Waals surface area contributed by atoms with Gasteiger partial charge >= 0.3 is 0 Å². The van der Waals surface area contributed by atoms with Gasteiger partial charge in [-0.2, -0.15) is 5.10 Å². The van der Waals surface area contributed by atoms with Crippen LogP contribution in [0, 0.1) is 12.7 Å². The minimum atomic E-state index is -0.701. The van der Waals surface area contributed by atoms with E-state index in [1.165, 1.54) is 12.1 Å². The lowest BCUT2D eigenvalue weighted by Gasteiger charge is -2.10. The summed E-state index contributed by atoms with van der Waals surface area (Å²) in [6.45, 7) is 3.68. The van der Waals surface area contributed by atoms with Gasteiger partial charge in [-0.1, -0.05) is 6.07 Å². The number of halogens is 2. The summed E-state index contributed by atoms with van der Waals surface area (Å²) >= 11 is 3.43. The highest BCUT2D eigenvalue weighted by Crippen LogP contribution is 2.25. The van der Waals surface area contributed by atoms with Crippen molar-refractivity contribution in [3.63, 3.8) is 0 Å². The second-order valence-electron chi connectivity index (χ2n) is 4.62. The molecule has 1 atom stereocenters. The first-order valence-corrected chi connectivity index (χ1v) is 6.97. The number of benzene rings is 1. The Kier molecular flexibility index (Phi) is 4.45. The topological polar surface area (TPSA) is 47.3 Å². The lowest BCUT2D eigenvalue weighted by molar-refractivity contribution is 0.198. The highest BCUT2D eigenvalue weighted by atomic mass is 79.9. The number of hydrogen-bond donors (Lipinski definition) is 1. The second kappa shape index (κ2) is 5.93. The van der Waals surface area contributed by atoms with E-state index in [4.69, 9.17) is 4.74 Å². The van der Waals surface area contributed by atoms with Crippen LogP contribution in [0.4, 0.5) is 4.39 Å². The maximum absolute atomic E-state index is 13.8. The van der Waals surface area contributed by atoms with Gasteiger partial charge in [0.25, 0.3) is 0 Å². The van der Waals surface area contributed by atoms with E-state index >= 15 is 0 Å². The van der Waals surface area contributed by atoms with Gasteiger partial charge in [0.2, 0.25) is 0 Å². The number of aryl methyl sites for hydroxylation is 2. The summed E-state index contributed by atoms with van der Waals surface area (Å²) in [4.78, 5) is 0. The van der Waals surface area contributed by atoms with Crippen LogP contribution in [0.1, 0.15) is 30.0 Å². The van der Waals surface area contributed by atoms with Crippen molar-refractivity contribution < 1.29 is 14.2 Å². The third-order valence-electron chi connectivity index (χ3n) is 3.06. The van der Waals surface area contributed by atoms with Crippen LogP contribution < -0.4 is 4.74 Å². The van der Waals surface area contributed by atoms with Crippen molar-refractivity contribution >= 4 is 15.9 Å². The molecule has 1 aromatic heterocycles. The fraction of sp³-hybridized carbons (Fsp3) is 0.357. The summed E-state index contributed by atoms with van der Waals surface area (Å²) in [5.41, 5.74) is 2.21. The van der Waals surface area contributed by atoms with E-state index in [1.807, 2.05) is 14.0 Å². The Morgan fingerprint density at radius 1 is 1.50 bits per heavy atom. The maximum atomic E-state index is 13.8. The number of nitrogens with zero attached hydrogens (tertiary/aromatic N) is 2. The standard InChI is InChI=1S/C14H16BrFN2O2/c1-8-14(15)12(18(3)17-8)7-20-13-5-4-10(9(2)19)6-11(13)16/h4-6,9,19H,7H2,1-3H3/t9-/m1/s1. The van der Waals surface area contributed by atoms with Gasteiger partial charge in [0.1, 0.15) is 6.61 Å². The zero-order chi connectivity index (χ0) is 14.9. The molecule has 0 spiro atoms. The monoisotopic (exact) mass is 342 g/mol. The van der Waals surface area contributed by atoms with Crippen LogP contribution in [0.15, 0.2) is 22.7 Å². The van der Waals surface area contributed by atoms with Crippen molar-refractivity contribution in [1.82, 2.24) is 9.78 Å². The lowest BCUT2D eigenvalue weighted by Crippen LogP contribution is -2.05. The van der Waals surface area contributed by atoms with Crippen molar-refractivity contribution in [2.75, 3.05) is 0 Å². The van der Waals surface area contributed by atoms with Gasteiger partial charge in [0.15, 0.2) is 11.6 Å². The molecule has 0 saturated heterocycles. The van der Waals surface area contributed by atoms with Gasteiger partial charge in [-0.05, 0) is 47.5 Å². The van der Waals surface area contributed by atoms with Gasteiger partial charge in [0, 0.05) is 7.05 Å². The quantitative estimate of drug-likeness (QED) is 0.927. The van der Waals surface area contributed by atoms with Gasteiger partial charge < -0.3 is 9.84 Å². The van der Waals surface area contributed by atoms with E-state index in [0.29, 0.717) is 5.56 Å². The third kappa shape index (κ3) is 3.02. The molecule has 6 heteroatoms.